The third kappa shape index (κ3) is 6.65. The van der Waals surface area contributed by atoms with Crippen LogP contribution in [0.1, 0.15) is 39.0 Å². The Kier molecular flexibility index (Phi) is 7.48. The van der Waals surface area contributed by atoms with Gasteiger partial charge in [-0.2, -0.15) is 4.98 Å². The summed E-state index contributed by atoms with van der Waals surface area (Å²) in [7, 11) is 4.07. The van der Waals surface area contributed by atoms with Gasteiger partial charge in [-0.1, -0.05) is 19.0 Å². The van der Waals surface area contributed by atoms with Gasteiger partial charge in [-0.05, 0) is 44.5 Å². The highest BCUT2D eigenvalue weighted by molar-refractivity contribution is 5.80. The molecule has 3 heterocycles. The molecule has 0 atom stereocenters. The van der Waals surface area contributed by atoms with Crippen LogP contribution in [0.3, 0.4) is 0 Å². The van der Waals surface area contributed by atoms with Crippen LogP contribution in [-0.2, 0) is 16.0 Å². The van der Waals surface area contributed by atoms with E-state index in [4.69, 9.17) is 8.94 Å². The van der Waals surface area contributed by atoms with Crippen molar-refractivity contribution >= 4 is 11.8 Å². The fourth-order valence-corrected chi connectivity index (χ4v) is 4.01. The number of carbonyl (C=O) groups is 2. The summed E-state index contributed by atoms with van der Waals surface area (Å²) in [6.07, 6.45) is 3.61. The topological polar surface area (TPSA) is 105 Å². The second-order valence-electron chi connectivity index (χ2n) is 9.26. The predicted octanol–water partition coefficient (Wildman–Crippen LogP) is 2.20. The fraction of sp³-hybridized carbons (Fsp3) is 0.636. The number of furan rings is 1. The summed E-state index contributed by atoms with van der Waals surface area (Å²) in [4.78, 5) is 33.3. The number of likely N-dealkylation sites (tertiary alicyclic amines) is 1. The van der Waals surface area contributed by atoms with Gasteiger partial charge in [0.2, 0.25) is 23.5 Å². The van der Waals surface area contributed by atoms with Gasteiger partial charge < -0.3 is 24.1 Å². The molecule has 3 rings (SSSR count). The van der Waals surface area contributed by atoms with Crippen LogP contribution >= 0.6 is 0 Å². The number of piperidine rings is 1. The van der Waals surface area contributed by atoms with Crippen LogP contribution in [0.4, 0.5) is 0 Å². The average Bonchev–Trinajstić information content (AvgIpc) is 3.41. The van der Waals surface area contributed by atoms with Crippen molar-refractivity contribution in [2.75, 3.05) is 40.3 Å². The molecule has 0 aromatic carbocycles. The van der Waals surface area contributed by atoms with E-state index in [9.17, 15) is 9.59 Å². The molecule has 9 nitrogen and oxygen atoms in total. The average molecular weight is 432 g/mol. The quantitative estimate of drug-likeness (QED) is 0.649. The van der Waals surface area contributed by atoms with Crippen LogP contribution in [0, 0.1) is 11.3 Å². The standard InChI is InChI=1S/C22H33N5O4/c1-22(2,15-26(3)4)14-23-21(29)16-9-11-27(12-10-16)19(28)8-7-18-24-20(25-31-18)17-6-5-13-30-17/h5-6,13,16H,7-12,14-15H2,1-4H3,(H,23,29). The third-order valence-electron chi connectivity index (χ3n) is 5.47. The summed E-state index contributed by atoms with van der Waals surface area (Å²) in [5, 5.41) is 6.98. The van der Waals surface area contributed by atoms with Gasteiger partial charge in [0.05, 0.1) is 6.26 Å². The predicted molar refractivity (Wildman–Crippen MR) is 115 cm³/mol. The van der Waals surface area contributed by atoms with Crippen LogP contribution in [0.2, 0.25) is 0 Å². The van der Waals surface area contributed by atoms with Crippen molar-refractivity contribution in [3.8, 4) is 11.6 Å². The van der Waals surface area contributed by atoms with Crippen molar-refractivity contribution in [3.05, 3.63) is 24.3 Å². The van der Waals surface area contributed by atoms with Crippen molar-refractivity contribution in [1.29, 1.82) is 0 Å². The smallest absolute Gasteiger partial charge is 0.238 e. The van der Waals surface area contributed by atoms with Gasteiger partial charge in [0.25, 0.3) is 0 Å². The SMILES string of the molecule is CN(C)CC(C)(C)CNC(=O)C1CCN(C(=O)CCc2nc(-c3ccco3)no2)CC1. The van der Waals surface area contributed by atoms with Gasteiger partial charge in [-0.25, -0.2) is 0 Å². The zero-order valence-corrected chi connectivity index (χ0v) is 18.9. The van der Waals surface area contributed by atoms with E-state index in [1.807, 2.05) is 19.0 Å². The van der Waals surface area contributed by atoms with Gasteiger partial charge in [0, 0.05) is 44.9 Å². The molecule has 0 radical (unpaired) electrons. The lowest BCUT2D eigenvalue weighted by Crippen LogP contribution is -2.46. The second kappa shape index (κ2) is 10.1. The van der Waals surface area contributed by atoms with Crippen molar-refractivity contribution < 1.29 is 18.5 Å². The molecule has 0 spiro atoms. The highest BCUT2D eigenvalue weighted by Crippen LogP contribution is 2.21. The number of nitrogens with zero attached hydrogens (tertiary/aromatic N) is 4. The lowest BCUT2D eigenvalue weighted by Gasteiger charge is -2.33. The zero-order valence-electron chi connectivity index (χ0n) is 18.9. The first kappa shape index (κ1) is 23.0. The molecule has 31 heavy (non-hydrogen) atoms. The lowest BCUT2D eigenvalue weighted by atomic mass is 9.91. The third-order valence-corrected chi connectivity index (χ3v) is 5.47. The van der Waals surface area contributed by atoms with E-state index in [0.717, 1.165) is 6.54 Å². The van der Waals surface area contributed by atoms with E-state index in [-0.39, 0.29) is 23.1 Å². The number of hydrogen-bond acceptors (Lipinski definition) is 7. The van der Waals surface area contributed by atoms with Gasteiger partial charge in [-0.3, -0.25) is 9.59 Å². The van der Waals surface area contributed by atoms with E-state index in [1.54, 1.807) is 18.4 Å². The Balaban J connectivity index is 1.39. The van der Waals surface area contributed by atoms with Gasteiger partial charge in [0.1, 0.15) is 0 Å². The van der Waals surface area contributed by atoms with E-state index in [0.29, 0.717) is 62.8 Å². The van der Waals surface area contributed by atoms with E-state index >= 15 is 0 Å². The Morgan fingerprint density at radius 1 is 1.29 bits per heavy atom. The largest absolute Gasteiger partial charge is 0.461 e. The summed E-state index contributed by atoms with van der Waals surface area (Å²) in [5.74, 6) is 1.43. The minimum absolute atomic E-state index is 0.0153. The molecule has 2 aromatic rings. The molecular formula is C22H33N5O4. The second-order valence-corrected chi connectivity index (χ2v) is 9.26. The maximum atomic E-state index is 12.6. The van der Waals surface area contributed by atoms with Crippen molar-refractivity contribution in [1.82, 2.24) is 25.3 Å². The maximum Gasteiger partial charge on any atom is 0.238 e. The molecule has 1 N–H and O–H groups in total. The number of nitrogens with one attached hydrogen (secondary N) is 1. The van der Waals surface area contributed by atoms with Crippen LogP contribution in [0.5, 0.6) is 0 Å². The van der Waals surface area contributed by atoms with E-state index in [2.05, 4.69) is 34.2 Å². The highest BCUT2D eigenvalue weighted by Gasteiger charge is 2.29. The van der Waals surface area contributed by atoms with E-state index < -0.39 is 0 Å². The first-order valence-corrected chi connectivity index (χ1v) is 10.8. The maximum absolute atomic E-state index is 12.6. The van der Waals surface area contributed by atoms with Crippen LogP contribution in [-0.4, -0.2) is 72.0 Å². The monoisotopic (exact) mass is 431 g/mol. The molecule has 1 fully saturated rings. The molecule has 1 aliphatic heterocycles. The van der Waals surface area contributed by atoms with Crippen LogP contribution in [0.25, 0.3) is 11.6 Å². The molecule has 170 valence electrons. The van der Waals surface area contributed by atoms with Crippen molar-refractivity contribution in [2.24, 2.45) is 11.3 Å². The minimum Gasteiger partial charge on any atom is -0.461 e. The normalized spacial score (nSPS) is 15.5. The molecule has 2 amide bonds. The number of carbonyl (C=O) groups excluding carboxylic acids is 2. The Labute approximate surface area is 183 Å². The molecular weight excluding hydrogens is 398 g/mol. The first-order valence-electron chi connectivity index (χ1n) is 10.8. The van der Waals surface area contributed by atoms with Crippen molar-refractivity contribution in [3.63, 3.8) is 0 Å². The Hall–Kier alpha value is -2.68. The van der Waals surface area contributed by atoms with Crippen LogP contribution in [0.15, 0.2) is 27.3 Å². The van der Waals surface area contributed by atoms with Crippen LogP contribution < -0.4 is 5.32 Å². The molecule has 0 saturated carbocycles. The molecule has 2 aromatic heterocycles. The lowest BCUT2D eigenvalue weighted by molar-refractivity contribution is -0.135. The first-order chi connectivity index (χ1) is 14.7. The fourth-order valence-electron chi connectivity index (χ4n) is 4.01. The molecule has 1 saturated heterocycles. The molecule has 0 bridgehead atoms. The van der Waals surface area contributed by atoms with Crippen molar-refractivity contribution in [2.45, 2.75) is 39.5 Å². The Morgan fingerprint density at radius 2 is 2.03 bits per heavy atom. The highest BCUT2D eigenvalue weighted by atomic mass is 16.5. The minimum atomic E-state index is -0.0361. The zero-order chi connectivity index (χ0) is 22.4. The Morgan fingerprint density at radius 3 is 2.68 bits per heavy atom. The summed E-state index contributed by atoms with van der Waals surface area (Å²) in [6.45, 7) is 7.04. The molecule has 9 heteroatoms. The summed E-state index contributed by atoms with van der Waals surface area (Å²) in [5.41, 5.74) is 0.0153. The molecule has 0 unspecified atom stereocenters. The molecule has 0 aliphatic carbocycles. The number of amides is 2. The summed E-state index contributed by atoms with van der Waals surface area (Å²) in [6, 6.07) is 3.51. The van der Waals surface area contributed by atoms with Gasteiger partial charge in [-0.15, -0.1) is 0 Å². The van der Waals surface area contributed by atoms with Gasteiger partial charge >= 0.3 is 0 Å². The number of rotatable bonds is 9. The van der Waals surface area contributed by atoms with Gasteiger partial charge in [0.15, 0.2) is 5.76 Å². The number of hydrogen-bond donors (Lipinski definition) is 1. The number of aryl methyl sites for hydroxylation is 1. The van der Waals surface area contributed by atoms with E-state index in [1.165, 1.54) is 0 Å². The molecule has 1 aliphatic rings. The Bertz CT molecular complexity index is 851. The summed E-state index contributed by atoms with van der Waals surface area (Å²) < 4.78 is 10.4. The number of aromatic nitrogens is 2. The summed E-state index contributed by atoms with van der Waals surface area (Å²) >= 11 is 0.